The van der Waals surface area contributed by atoms with Gasteiger partial charge in [0.05, 0.1) is 32.2 Å². The zero-order chi connectivity index (χ0) is 17.1. The average Bonchev–Trinajstić information content (AvgIpc) is 2.52. The molecule has 128 valence electrons. The molecule has 0 aromatic heterocycles. The lowest BCUT2D eigenvalue weighted by atomic mass is 10.2. The summed E-state index contributed by atoms with van der Waals surface area (Å²) in [6.07, 6.45) is -0.354. The number of hydrogen-bond acceptors (Lipinski definition) is 5. The number of ether oxygens (including phenoxy) is 2. The first-order chi connectivity index (χ1) is 11.0. The fraction of sp³-hybridized carbons (Fsp3) is 0.529. The Bertz CT molecular complexity index is 475. The van der Waals surface area contributed by atoms with Crippen LogP contribution >= 0.6 is 0 Å². The molecule has 1 N–H and O–H groups in total. The zero-order valence-electron chi connectivity index (χ0n) is 13.7. The summed E-state index contributed by atoms with van der Waals surface area (Å²) in [6.45, 7) is 4.31. The summed E-state index contributed by atoms with van der Waals surface area (Å²) in [4.78, 5) is 25.1. The lowest BCUT2D eigenvalue weighted by Crippen LogP contribution is -2.38. The van der Waals surface area contributed by atoms with Gasteiger partial charge in [0, 0.05) is 13.1 Å². The molecule has 0 saturated carbocycles. The van der Waals surface area contributed by atoms with Gasteiger partial charge in [-0.15, -0.1) is 0 Å². The molecule has 0 fully saturated rings. The molecule has 1 atom stereocenters. The van der Waals surface area contributed by atoms with Crippen molar-refractivity contribution < 1.29 is 24.2 Å². The van der Waals surface area contributed by atoms with Gasteiger partial charge in [-0.05, 0) is 26.0 Å². The van der Waals surface area contributed by atoms with Gasteiger partial charge in [-0.1, -0.05) is 18.2 Å². The molecule has 23 heavy (non-hydrogen) atoms. The van der Waals surface area contributed by atoms with Gasteiger partial charge < -0.3 is 19.5 Å². The van der Waals surface area contributed by atoms with Crippen LogP contribution < -0.4 is 4.74 Å². The quantitative estimate of drug-likeness (QED) is 0.662. The fourth-order valence-corrected chi connectivity index (χ4v) is 2.03. The molecule has 6 heteroatoms. The molecule has 0 saturated heterocycles. The molecular weight excluding hydrogens is 298 g/mol. The Labute approximate surface area is 137 Å². The smallest absolute Gasteiger partial charge is 0.307 e. The van der Waals surface area contributed by atoms with E-state index in [1.54, 1.807) is 13.8 Å². The van der Waals surface area contributed by atoms with Crippen LogP contribution in [0.25, 0.3) is 0 Å². The second-order valence-corrected chi connectivity index (χ2v) is 5.16. The molecule has 0 aliphatic carbocycles. The molecule has 0 aliphatic heterocycles. The highest BCUT2D eigenvalue weighted by Gasteiger charge is 2.17. The van der Waals surface area contributed by atoms with Crippen molar-refractivity contribution in [2.45, 2.75) is 32.8 Å². The molecule has 0 radical (unpaired) electrons. The van der Waals surface area contributed by atoms with Gasteiger partial charge >= 0.3 is 5.97 Å². The first kappa shape index (κ1) is 19.0. The standard InChI is InChI=1S/C17H25NO5/c1-3-22-17(21)9-11-18(13-14(2)19)16(20)10-12-23-15-7-5-4-6-8-15/h4-8,14,19H,3,9-13H2,1-2H3. The van der Waals surface area contributed by atoms with Crippen molar-refractivity contribution in [2.24, 2.45) is 0 Å². The Hall–Kier alpha value is -2.08. The third-order valence-corrected chi connectivity index (χ3v) is 3.06. The zero-order valence-corrected chi connectivity index (χ0v) is 13.7. The predicted octanol–water partition coefficient (Wildman–Crippen LogP) is 1.62. The van der Waals surface area contributed by atoms with E-state index in [0.29, 0.717) is 12.4 Å². The number of hydrogen-bond donors (Lipinski definition) is 1. The van der Waals surface area contributed by atoms with Crippen molar-refractivity contribution in [1.82, 2.24) is 4.90 Å². The minimum Gasteiger partial charge on any atom is -0.493 e. The summed E-state index contributed by atoms with van der Waals surface area (Å²) in [5, 5.41) is 9.50. The molecule has 1 amide bonds. The van der Waals surface area contributed by atoms with E-state index in [1.165, 1.54) is 4.90 Å². The van der Waals surface area contributed by atoms with Crippen LogP contribution in [0.4, 0.5) is 0 Å². The van der Waals surface area contributed by atoms with Gasteiger partial charge in [-0.25, -0.2) is 0 Å². The van der Waals surface area contributed by atoms with E-state index in [2.05, 4.69) is 0 Å². The van der Waals surface area contributed by atoms with Gasteiger partial charge in [-0.2, -0.15) is 0 Å². The van der Waals surface area contributed by atoms with Crippen LogP contribution in [-0.2, 0) is 14.3 Å². The van der Waals surface area contributed by atoms with Crippen LogP contribution in [0, 0.1) is 0 Å². The van der Waals surface area contributed by atoms with Crippen molar-refractivity contribution >= 4 is 11.9 Å². The molecule has 0 aliphatic rings. The maximum atomic E-state index is 12.2. The topological polar surface area (TPSA) is 76.1 Å². The summed E-state index contributed by atoms with van der Waals surface area (Å²) in [5.41, 5.74) is 0. The van der Waals surface area contributed by atoms with E-state index in [1.807, 2.05) is 30.3 Å². The summed E-state index contributed by atoms with van der Waals surface area (Å²) in [7, 11) is 0. The number of benzene rings is 1. The molecule has 1 unspecified atom stereocenters. The van der Waals surface area contributed by atoms with E-state index in [4.69, 9.17) is 9.47 Å². The van der Waals surface area contributed by atoms with Gasteiger partial charge in [0.1, 0.15) is 5.75 Å². The Balaban J connectivity index is 2.42. The first-order valence-electron chi connectivity index (χ1n) is 7.82. The van der Waals surface area contributed by atoms with E-state index in [0.717, 1.165) is 0 Å². The number of para-hydroxylation sites is 1. The van der Waals surface area contributed by atoms with Crippen LogP contribution in [0.3, 0.4) is 0 Å². The first-order valence-corrected chi connectivity index (χ1v) is 7.82. The molecule has 1 aromatic rings. The van der Waals surface area contributed by atoms with Crippen molar-refractivity contribution in [3.8, 4) is 5.75 Å². The number of nitrogens with zero attached hydrogens (tertiary/aromatic N) is 1. The van der Waals surface area contributed by atoms with Crippen molar-refractivity contribution in [2.75, 3.05) is 26.3 Å². The predicted molar refractivity (Wildman–Crippen MR) is 86.1 cm³/mol. The summed E-state index contributed by atoms with van der Waals surface area (Å²) in [5.74, 6) is 0.191. The number of amides is 1. The van der Waals surface area contributed by atoms with Crippen LogP contribution in [-0.4, -0.2) is 54.3 Å². The third kappa shape index (κ3) is 8.21. The minimum absolute atomic E-state index is 0.117. The van der Waals surface area contributed by atoms with Crippen molar-refractivity contribution in [1.29, 1.82) is 0 Å². The molecule has 0 heterocycles. The maximum Gasteiger partial charge on any atom is 0.307 e. The van der Waals surface area contributed by atoms with Crippen LogP contribution in [0.15, 0.2) is 30.3 Å². The summed E-state index contributed by atoms with van der Waals surface area (Å²) < 4.78 is 10.3. The SMILES string of the molecule is CCOC(=O)CCN(CC(C)O)C(=O)CCOc1ccccc1. The van der Waals surface area contributed by atoms with Crippen LogP contribution in [0.1, 0.15) is 26.7 Å². The molecule has 1 rings (SSSR count). The number of carbonyl (C=O) groups is 2. The summed E-state index contributed by atoms with van der Waals surface area (Å²) >= 11 is 0. The molecule has 6 nitrogen and oxygen atoms in total. The summed E-state index contributed by atoms with van der Waals surface area (Å²) in [6, 6.07) is 9.24. The number of rotatable bonds is 10. The van der Waals surface area contributed by atoms with Gasteiger partial charge in [0.2, 0.25) is 5.91 Å². The lowest BCUT2D eigenvalue weighted by Gasteiger charge is -2.23. The second-order valence-electron chi connectivity index (χ2n) is 5.16. The minimum atomic E-state index is -0.656. The Morgan fingerprint density at radius 2 is 1.91 bits per heavy atom. The fourth-order valence-electron chi connectivity index (χ4n) is 2.03. The second kappa shape index (κ2) is 10.6. The Morgan fingerprint density at radius 1 is 1.22 bits per heavy atom. The monoisotopic (exact) mass is 323 g/mol. The number of carbonyl (C=O) groups excluding carboxylic acids is 2. The van der Waals surface area contributed by atoms with Crippen molar-refractivity contribution in [3.63, 3.8) is 0 Å². The maximum absolute atomic E-state index is 12.2. The number of aliphatic hydroxyl groups excluding tert-OH is 1. The highest BCUT2D eigenvalue weighted by atomic mass is 16.5. The largest absolute Gasteiger partial charge is 0.493 e. The van der Waals surface area contributed by atoms with Gasteiger partial charge in [-0.3, -0.25) is 9.59 Å². The highest BCUT2D eigenvalue weighted by molar-refractivity contribution is 5.77. The molecular formula is C17H25NO5. The van der Waals surface area contributed by atoms with Crippen LogP contribution in [0.2, 0.25) is 0 Å². The number of aliphatic hydroxyl groups is 1. The van der Waals surface area contributed by atoms with Gasteiger partial charge in [0.25, 0.3) is 0 Å². The lowest BCUT2D eigenvalue weighted by molar-refractivity contribution is -0.144. The Morgan fingerprint density at radius 3 is 2.52 bits per heavy atom. The van der Waals surface area contributed by atoms with Crippen molar-refractivity contribution in [3.05, 3.63) is 30.3 Å². The molecule has 1 aromatic carbocycles. The highest BCUT2D eigenvalue weighted by Crippen LogP contribution is 2.09. The normalized spacial score (nSPS) is 11.6. The average molecular weight is 323 g/mol. The van der Waals surface area contributed by atoms with Gasteiger partial charge in [0.15, 0.2) is 0 Å². The van der Waals surface area contributed by atoms with E-state index >= 15 is 0 Å². The van der Waals surface area contributed by atoms with Crippen LogP contribution in [0.5, 0.6) is 5.75 Å². The van der Waals surface area contributed by atoms with E-state index < -0.39 is 6.10 Å². The molecule has 0 spiro atoms. The Kier molecular flexibility index (Phi) is 8.75. The third-order valence-electron chi connectivity index (χ3n) is 3.06. The molecule has 0 bridgehead atoms. The van der Waals surface area contributed by atoms with E-state index in [9.17, 15) is 14.7 Å². The number of esters is 1. The van der Waals surface area contributed by atoms with E-state index in [-0.39, 0.29) is 44.4 Å².